The molecule has 0 aliphatic rings. The van der Waals surface area contributed by atoms with E-state index in [1.807, 2.05) is 13.8 Å². The summed E-state index contributed by atoms with van der Waals surface area (Å²) in [5.41, 5.74) is 0.0654. The summed E-state index contributed by atoms with van der Waals surface area (Å²) >= 11 is 3.26. The summed E-state index contributed by atoms with van der Waals surface area (Å²) in [4.78, 5) is 11.9. The number of benzene rings is 1. The van der Waals surface area contributed by atoms with Gasteiger partial charge in [-0.15, -0.1) is 0 Å². The SMILES string of the molecule is CC(C)(CCO)CNC(=O)c1cc(Br)ccc1O. The van der Waals surface area contributed by atoms with Gasteiger partial charge in [-0.05, 0) is 30.0 Å². The van der Waals surface area contributed by atoms with E-state index in [9.17, 15) is 9.90 Å². The van der Waals surface area contributed by atoms with Crippen LogP contribution < -0.4 is 5.32 Å². The van der Waals surface area contributed by atoms with Gasteiger partial charge in [0, 0.05) is 17.6 Å². The molecule has 1 aromatic rings. The second-order valence-corrected chi connectivity index (χ2v) is 5.90. The van der Waals surface area contributed by atoms with E-state index in [4.69, 9.17) is 5.11 Å². The van der Waals surface area contributed by atoms with Gasteiger partial charge < -0.3 is 15.5 Å². The van der Waals surface area contributed by atoms with Crippen LogP contribution in [0.3, 0.4) is 0 Å². The number of carbonyl (C=O) groups excluding carboxylic acids is 1. The number of hydrogen-bond donors (Lipinski definition) is 3. The zero-order valence-electron chi connectivity index (χ0n) is 10.5. The third kappa shape index (κ3) is 4.31. The van der Waals surface area contributed by atoms with E-state index in [2.05, 4.69) is 21.2 Å². The van der Waals surface area contributed by atoms with Gasteiger partial charge >= 0.3 is 0 Å². The topological polar surface area (TPSA) is 69.6 Å². The molecule has 0 bridgehead atoms. The van der Waals surface area contributed by atoms with Crippen molar-refractivity contribution in [3.05, 3.63) is 28.2 Å². The largest absolute Gasteiger partial charge is 0.507 e. The Hall–Kier alpha value is -1.07. The number of phenolic OH excluding ortho intramolecular Hbond substituents is 1. The highest BCUT2D eigenvalue weighted by molar-refractivity contribution is 9.10. The van der Waals surface area contributed by atoms with Crippen LogP contribution >= 0.6 is 15.9 Å². The summed E-state index contributed by atoms with van der Waals surface area (Å²) < 4.78 is 0.736. The average molecular weight is 316 g/mol. The molecule has 0 heterocycles. The molecule has 0 spiro atoms. The maximum absolute atomic E-state index is 11.9. The molecule has 0 atom stereocenters. The lowest BCUT2D eigenvalue weighted by molar-refractivity contribution is 0.0925. The Kier molecular flexibility index (Phi) is 5.16. The lowest BCUT2D eigenvalue weighted by atomic mass is 9.89. The summed E-state index contributed by atoms with van der Waals surface area (Å²) in [5.74, 6) is -0.365. The molecule has 0 unspecified atom stereocenters. The van der Waals surface area contributed by atoms with E-state index in [-0.39, 0.29) is 29.2 Å². The summed E-state index contributed by atoms with van der Waals surface area (Å²) in [6.45, 7) is 4.46. The molecule has 100 valence electrons. The van der Waals surface area contributed by atoms with Crippen LogP contribution in [0, 0.1) is 5.41 Å². The van der Waals surface area contributed by atoms with E-state index in [0.717, 1.165) is 4.47 Å². The summed E-state index contributed by atoms with van der Waals surface area (Å²) in [5, 5.41) is 21.3. The van der Waals surface area contributed by atoms with Crippen molar-refractivity contribution in [2.45, 2.75) is 20.3 Å². The third-order valence-corrected chi connectivity index (χ3v) is 3.21. The molecular formula is C13H18BrNO3. The van der Waals surface area contributed by atoms with Crippen molar-refractivity contribution in [1.82, 2.24) is 5.32 Å². The van der Waals surface area contributed by atoms with E-state index >= 15 is 0 Å². The molecule has 3 N–H and O–H groups in total. The van der Waals surface area contributed by atoms with E-state index in [1.54, 1.807) is 12.1 Å². The summed E-state index contributed by atoms with van der Waals surface area (Å²) in [6, 6.07) is 4.71. The number of nitrogens with one attached hydrogen (secondary N) is 1. The first-order valence-corrected chi connectivity index (χ1v) is 6.52. The van der Waals surface area contributed by atoms with Crippen molar-refractivity contribution in [3.8, 4) is 5.75 Å². The van der Waals surface area contributed by atoms with Gasteiger partial charge in [-0.2, -0.15) is 0 Å². The molecule has 0 radical (unpaired) electrons. The number of aliphatic hydroxyl groups is 1. The summed E-state index contributed by atoms with van der Waals surface area (Å²) in [7, 11) is 0. The second-order valence-electron chi connectivity index (χ2n) is 4.98. The molecule has 0 fully saturated rings. The highest BCUT2D eigenvalue weighted by atomic mass is 79.9. The molecule has 1 amide bonds. The van der Waals surface area contributed by atoms with Crippen molar-refractivity contribution in [2.75, 3.05) is 13.2 Å². The molecule has 0 aromatic heterocycles. The maximum Gasteiger partial charge on any atom is 0.255 e. The molecule has 4 nitrogen and oxygen atoms in total. The van der Waals surface area contributed by atoms with Crippen LogP contribution in [0.15, 0.2) is 22.7 Å². The van der Waals surface area contributed by atoms with Crippen LogP contribution in [0.25, 0.3) is 0 Å². The quantitative estimate of drug-likeness (QED) is 0.781. The zero-order chi connectivity index (χ0) is 13.8. The second kappa shape index (κ2) is 6.20. The molecule has 0 saturated carbocycles. The lowest BCUT2D eigenvalue weighted by Gasteiger charge is -2.23. The number of carbonyl (C=O) groups is 1. The number of hydrogen-bond acceptors (Lipinski definition) is 3. The van der Waals surface area contributed by atoms with E-state index in [1.165, 1.54) is 6.07 Å². The van der Waals surface area contributed by atoms with Crippen LogP contribution in [0.5, 0.6) is 5.75 Å². The van der Waals surface area contributed by atoms with E-state index < -0.39 is 0 Å². The standard InChI is InChI=1S/C13H18BrNO3/c1-13(2,5-6-16)8-15-12(18)10-7-9(14)3-4-11(10)17/h3-4,7,16-17H,5-6,8H2,1-2H3,(H,15,18). The van der Waals surface area contributed by atoms with Crippen LogP contribution in [-0.2, 0) is 0 Å². The van der Waals surface area contributed by atoms with Crippen molar-refractivity contribution in [1.29, 1.82) is 0 Å². The molecule has 5 heteroatoms. The number of amides is 1. The Morgan fingerprint density at radius 3 is 2.72 bits per heavy atom. The fourth-order valence-corrected chi connectivity index (χ4v) is 1.86. The highest BCUT2D eigenvalue weighted by Crippen LogP contribution is 2.23. The van der Waals surface area contributed by atoms with Gasteiger partial charge in [0.25, 0.3) is 5.91 Å². The van der Waals surface area contributed by atoms with Gasteiger partial charge in [0.05, 0.1) is 5.56 Å². The number of aliphatic hydroxyl groups excluding tert-OH is 1. The van der Waals surface area contributed by atoms with Crippen LogP contribution in [0.1, 0.15) is 30.6 Å². The Bertz CT molecular complexity index is 432. The predicted molar refractivity (Wildman–Crippen MR) is 73.6 cm³/mol. The Morgan fingerprint density at radius 1 is 1.44 bits per heavy atom. The van der Waals surface area contributed by atoms with Crippen molar-refractivity contribution in [2.24, 2.45) is 5.41 Å². The van der Waals surface area contributed by atoms with Crippen LogP contribution in [-0.4, -0.2) is 29.3 Å². The highest BCUT2D eigenvalue weighted by Gasteiger charge is 2.19. The first-order chi connectivity index (χ1) is 8.35. The maximum atomic E-state index is 11.9. The number of rotatable bonds is 5. The predicted octanol–water partition coefficient (Wildman–Crippen LogP) is 2.29. The smallest absolute Gasteiger partial charge is 0.255 e. The number of aromatic hydroxyl groups is 1. The van der Waals surface area contributed by atoms with Crippen LogP contribution in [0.2, 0.25) is 0 Å². The minimum atomic E-state index is -0.320. The van der Waals surface area contributed by atoms with E-state index in [0.29, 0.717) is 13.0 Å². The molecule has 1 aromatic carbocycles. The molecular weight excluding hydrogens is 298 g/mol. The first-order valence-electron chi connectivity index (χ1n) is 5.73. The average Bonchev–Trinajstić information content (AvgIpc) is 2.29. The van der Waals surface area contributed by atoms with Gasteiger partial charge in [0.1, 0.15) is 5.75 Å². The van der Waals surface area contributed by atoms with Gasteiger partial charge in [-0.25, -0.2) is 0 Å². The molecule has 18 heavy (non-hydrogen) atoms. The van der Waals surface area contributed by atoms with Gasteiger partial charge in [0.15, 0.2) is 0 Å². The molecule has 0 aliphatic heterocycles. The third-order valence-electron chi connectivity index (χ3n) is 2.72. The summed E-state index contributed by atoms with van der Waals surface area (Å²) in [6.07, 6.45) is 0.609. The fraction of sp³-hybridized carbons (Fsp3) is 0.462. The van der Waals surface area contributed by atoms with Gasteiger partial charge in [-0.1, -0.05) is 29.8 Å². The minimum Gasteiger partial charge on any atom is -0.507 e. The Balaban J connectivity index is 2.69. The Labute approximate surface area is 115 Å². The fourth-order valence-electron chi connectivity index (χ4n) is 1.50. The Morgan fingerprint density at radius 2 is 2.11 bits per heavy atom. The minimum absolute atomic E-state index is 0.0457. The van der Waals surface area contributed by atoms with Gasteiger partial charge in [0.2, 0.25) is 0 Å². The normalized spacial score (nSPS) is 11.3. The van der Waals surface area contributed by atoms with Crippen LogP contribution in [0.4, 0.5) is 0 Å². The monoisotopic (exact) mass is 315 g/mol. The number of halogens is 1. The van der Waals surface area contributed by atoms with Crippen molar-refractivity contribution >= 4 is 21.8 Å². The first kappa shape index (κ1) is 15.0. The molecule has 0 aliphatic carbocycles. The molecule has 0 saturated heterocycles. The van der Waals surface area contributed by atoms with Gasteiger partial charge in [-0.3, -0.25) is 4.79 Å². The molecule has 1 rings (SSSR count). The van der Waals surface area contributed by atoms with Crippen molar-refractivity contribution in [3.63, 3.8) is 0 Å². The number of phenols is 1. The lowest BCUT2D eigenvalue weighted by Crippen LogP contribution is -2.34. The zero-order valence-corrected chi connectivity index (χ0v) is 12.1. The van der Waals surface area contributed by atoms with Crippen molar-refractivity contribution < 1.29 is 15.0 Å².